The molecule has 2 N–H and O–H groups in total. The highest BCUT2D eigenvalue weighted by Gasteiger charge is 2.25. The number of nitrogens with zero attached hydrogens (tertiary/aromatic N) is 4. The number of aliphatic hydroxyl groups is 1. The zero-order valence-corrected chi connectivity index (χ0v) is 11.3. The van der Waals surface area contributed by atoms with Gasteiger partial charge in [0.2, 0.25) is 0 Å². The van der Waals surface area contributed by atoms with Crippen LogP contribution in [0.4, 0.5) is 5.82 Å². The first-order valence-corrected chi connectivity index (χ1v) is 6.75. The van der Waals surface area contributed by atoms with Crippen LogP contribution < -0.4 is 5.32 Å². The van der Waals surface area contributed by atoms with E-state index in [1.807, 2.05) is 13.8 Å². The Morgan fingerprint density at radius 1 is 1.42 bits per heavy atom. The van der Waals surface area contributed by atoms with Crippen molar-refractivity contribution in [3.63, 3.8) is 0 Å². The van der Waals surface area contributed by atoms with Gasteiger partial charge in [-0.25, -0.2) is 4.98 Å². The molecule has 3 rings (SSSR count). The Labute approximate surface area is 111 Å². The van der Waals surface area contributed by atoms with E-state index in [1.165, 1.54) is 6.33 Å². The Hall–Kier alpha value is -1.69. The number of aryl methyl sites for hydroxylation is 1. The summed E-state index contributed by atoms with van der Waals surface area (Å²) in [6.45, 7) is 4.76. The van der Waals surface area contributed by atoms with Crippen LogP contribution >= 0.6 is 0 Å². The summed E-state index contributed by atoms with van der Waals surface area (Å²) in [4.78, 5) is 8.52. The lowest BCUT2D eigenvalue weighted by Gasteiger charge is -2.18. The second-order valence-electron chi connectivity index (χ2n) is 5.28. The second-order valence-corrected chi connectivity index (χ2v) is 5.28. The third kappa shape index (κ3) is 2.16. The van der Waals surface area contributed by atoms with Crippen molar-refractivity contribution in [1.82, 2.24) is 19.6 Å². The summed E-state index contributed by atoms with van der Waals surface area (Å²) in [5.74, 6) is 1.86. The van der Waals surface area contributed by atoms with Gasteiger partial charge in [-0.2, -0.15) is 14.6 Å². The average molecular weight is 261 g/mol. The average Bonchev–Trinajstić information content (AvgIpc) is 2.99. The number of anilines is 1. The van der Waals surface area contributed by atoms with Gasteiger partial charge in [-0.15, -0.1) is 0 Å². The topological polar surface area (TPSA) is 75.3 Å². The van der Waals surface area contributed by atoms with Gasteiger partial charge in [0, 0.05) is 23.7 Å². The van der Waals surface area contributed by atoms with Gasteiger partial charge >= 0.3 is 0 Å². The molecule has 6 heteroatoms. The van der Waals surface area contributed by atoms with Crippen molar-refractivity contribution in [2.75, 3.05) is 11.9 Å². The van der Waals surface area contributed by atoms with Crippen molar-refractivity contribution >= 4 is 11.6 Å². The molecule has 0 radical (unpaired) electrons. The molecule has 19 heavy (non-hydrogen) atoms. The summed E-state index contributed by atoms with van der Waals surface area (Å²) in [5.41, 5.74) is 2.03. The van der Waals surface area contributed by atoms with Gasteiger partial charge < -0.3 is 10.4 Å². The lowest BCUT2D eigenvalue weighted by atomic mass is 10.1. The lowest BCUT2D eigenvalue weighted by molar-refractivity contribution is 0.138. The fourth-order valence-electron chi connectivity index (χ4n) is 2.72. The minimum atomic E-state index is -0.179. The minimum absolute atomic E-state index is 0.179. The fraction of sp³-hybridized carbons (Fsp3) is 0.615. The molecule has 0 saturated heterocycles. The van der Waals surface area contributed by atoms with Crippen LogP contribution in [0.2, 0.25) is 0 Å². The monoisotopic (exact) mass is 261 g/mol. The van der Waals surface area contributed by atoms with Gasteiger partial charge in [0.1, 0.15) is 12.1 Å². The third-order valence-electron chi connectivity index (χ3n) is 4.06. The van der Waals surface area contributed by atoms with Gasteiger partial charge in [0.15, 0.2) is 0 Å². The third-order valence-corrected chi connectivity index (χ3v) is 4.06. The summed E-state index contributed by atoms with van der Waals surface area (Å²) in [5, 5.41) is 17.5. The molecule has 0 spiro atoms. The van der Waals surface area contributed by atoms with E-state index in [9.17, 15) is 5.11 Å². The normalized spacial score (nSPS) is 23.1. The molecule has 102 valence electrons. The van der Waals surface area contributed by atoms with Crippen molar-refractivity contribution < 1.29 is 5.11 Å². The Balaban J connectivity index is 1.87. The van der Waals surface area contributed by atoms with Crippen LogP contribution in [-0.4, -0.2) is 37.3 Å². The Morgan fingerprint density at radius 3 is 3.00 bits per heavy atom. The maximum atomic E-state index is 9.88. The van der Waals surface area contributed by atoms with Crippen molar-refractivity contribution in [3.05, 3.63) is 17.6 Å². The Bertz CT molecular complexity index is 594. The molecule has 2 atom stereocenters. The molecule has 1 fully saturated rings. The van der Waals surface area contributed by atoms with E-state index < -0.39 is 0 Å². The molecule has 0 aliphatic heterocycles. The van der Waals surface area contributed by atoms with Crippen LogP contribution in [0.1, 0.15) is 30.5 Å². The van der Waals surface area contributed by atoms with Crippen molar-refractivity contribution in [2.45, 2.75) is 39.2 Å². The van der Waals surface area contributed by atoms with Crippen molar-refractivity contribution in [3.8, 4) is 0 Å². The molecule has 0 aromatic carbocycles. The predicted molar refractivity (Wildman–Crippen MR) is 72.1 cm³/mol. The first-order chi connectivity index (χ1) is 9.16. The number of hydrogen-bond acceptors (Lipinski definition) is 5. The molecular weight excluding hydrogens is 242 g/mol. The van der Waals surface area contributed by atoms with E-state index in [4.69, 9.17) is 0 Å². The maximum Gasteiger partial charge on any atom is 0.254 e. The summed E-state index contributed by atoms with van der Waals surface area (Å²) < 4.78 is 1.73. The number of hydrogen-bond donors (Lipinski definition) is 2. The number of aromatic nitrogens is 4. The van der Waals surface area contributed by atoms with E-state index in [1.54, 1.807) is 4.52 Å². The van der Waals surface area contributed by atoms with Gasteiger partial charge in [-0.1, -0.05) is 6.42 Å². The zero-order chi connectivity index (χ0) is 13.4. The van der Waals surface area contributed by atoms with Gasteiger partial charge in [0.05, 0.1) is 6.10 Å². The maximum absolute atomic E-state index is 9.88. The summed E-state index contributed by atoms with van der Waals surface area (Å²) >= 11 is 0. The molecule has 1 saturated carbocycles. The molecule has 2 unspecified atom stereocenters. The highest BCUT2D eigenvalue weighted by Crippen LogP contribution is 2.26. The standard InChI is InChI=1S/C13H19N5O/c1-8-9(2)17-13-15-7-16-18(13)12(8)14-6-10-4-3-5-11(10)19/h7,10-11,14,19H,3-6H2,1-2H3. The molecule has 2 aromatic rings. The Kier molecular flexibility index (Phi) is 3.10. The van der Waals surface area contributed by atoms with Crippen LogP contribution in [0, 0.1) is 19.8 Å². The van der Waals surface area contributed by atoms with E-state index in [-0.39, 0.29) is 6.10 Å². The van der Waals surface area contributed by atoms with E-state index in [0.29, 0.717) is 11.7 Å². The minimum Gasteiger partial charge on any atom is -0.393 e. The van der Waals surface area contributed by atoms with Crippen LogP contribution in [-0.2, 0) is 0 Å². The highest BCUT2D eigenvalue weighted by atomic mass is 16.3. The fourth-order valence-corrected chi connectivity index (χ4v) is 2.72. The lowest BCUT2D eigenvalue weighted by Crippen LogP contribution is -2.23. The van der Waals surface area contributed by atoms with Crippen LogP contribution in [0.15, 0.2) is 6.33 Å². The molecule has 1 aliphatic carbocycles. The molecule has 2 heterocycles. The number of rotatable bonds is 3. The van der Waals surface area contributed by atoms with E-state index in [0.717, 1.165) is 42.9 Å². The van der Waals surface area contributed by atoms with Gasteiger partial charge in [0.25, 0.3) is 5.78 Å². The summed E-state index contributed by atoms with van der Waals surface area (Å²) in [6, 6.07) is 0. The Morgan fingerprint density at radius 2 is 2.26 bits per heavy atom. The molecule has 2 aromatic heterocycles. The molecule has 0 amide bonds. The van der Waals surface area contributed by atoms with Crippen LogP contribution in [0.25, 0.3) is 5.78 Å². The van der Waals surface area contributed by atoms with Crippen LogP contribution in [0.5, 0.6) is 0 Å². The van der Waals surface area contributed by atoms with Crippen LogP contribution in [0.3, 0.4) is 0 Å². The van der Waals surface area contributed by atoms with E-state index in [2.05, 4.69) is 20.4 Å². The second kappa shape index (κ2) is 4.77. The quantitative estimate of drug-likeness (QED) is 0.871. The van der Waals surface area contributed by atoms with E-state index >= 15 is 0 Å². The molecular formula is C13H19N5O. The predicted octanol–water partition coefficient (Wildman–Crippen LogP) is 1.31. The molecule has 0 bridgehead atoms. The van der Waals surface area contributed by atoms with Gasteiger partial charge in [-0.05, 0) is 26.7 Å². The largest absolute Gasteiger partial charge is 0.393 e. The zero-order valence-electron chi connectivity index (χ0n) is 11.3. The van der Waals surface area contributed by atoms with Crippen molar-refractivity contribution in [2.24, 2.45) is 5.92 Å². The highest BCUT2D eigenvalue weighted by molar-refractivity contribution is 5.51. The first kappa shape index (κ1) is 12.3. The molecule has 6 nitrogen and oxygen atoms in total. The SMILES string of the molecule is Cc1nc2ncnn2c(NCC2CCCC2O)c1C. The van der Waals surface area contributed by atoms with Gasteiger partial charge in [-0.3, -0.25) is 0 Å². The smallest absolute Gasteiger partial charge is 0.254 e. The molecule has 1 aliphatic rings. The number of nitrogens with one attached hydrogen (secondary N) is 1. The summed E-state index contributed by atoms with van der Waals surface area (Å²) in [6.07, 6.45) is 4.44. The first-order valence-electron chi connectivity index (χ1n) is 6.75. The summed E-state index contributed by atoms with van der Waals surface area (Å²) in [7, 11) is 0. The van der Waals surface area contributed by atoms with Crippen molar-refractivity contribution in [1.29, 1.82) is 0 Å². The number of fused-ring (bicyclic) bond motifs is 1. The number of aliphatic hydroxyl groups excluding tert-OH is 1.